The molecule has 0 bridgehead atoms. The molecule has 3 aromatic rings. The quantitative estimate of drug-likeness (QED) is 0.781. The fourth-order valence-corrected chi connectivity index (χ4v) is 2.14. The van der Waals surface area contributed by atoms with E-state index < -0.39 is 5.82 Å². The first-order valence-electron chi connectivity index (χ1n) is 6.88. The Kier molecular flexibility index (Phi) is 3.83. The summed E-state index contributed by atoms with van der Waals surface area (Å²) in [6.45, 7) is 3.46. The fraction of sp³-hybridized carbons (Fsp3) is 0.188. The van der Waals surface area contributed by atoms with Gasteiger partial charge in [0.05, 0.1) is 0 Å². The number of nitrogens with one attached hydrogen (secondary N) is 1. The number of imidazole rings is 1. The van der Waals surface area contributed by atoms with Crippen molar-refractivity contribution >= 4 is 5.65 Å². The molecule has 5 heteroatoms. The van der Waals surface area contributed by atoms with Crippen molar-refractivity contribution in [3.8, 4) is 11.6 Å². The molecule has 1 N–H and O–H groups in total. The first-order chi connectivity index (χ1) is 10.3. The van der Waals surface area contributed by atoms with Crippen molar-refractivity contribution in [2.75, 3.05) is 6.54 Å². The number of benzene rings is 1. The van der Waals surface area contributed by atoms with Gasteiger partial charge in [-0.05, 0) is 30.8 Å². The van der Waals surface area contributed by atoms with Gasteiger partial charge in [0, 0.05) is 12.7 Å². The van der Waals surface area contributed by atoms with Crippen molar-refractivity contribution in [1.29, 1.82) is 0 Å². The number of hydrogen-bond acceptors (Lipinski definition) is 3. The molecule has 0 unspecified atom stereocenters. The van der Waals surface area contributed by atoms with E-state index in [0.717, 1.165) is 17.9 Å². The van der Waals surface area contributed by atoms with Crippen molar-refractivity contribution < 1.29 is 9.13 Å². The van der Waals surface area contributed by atoms with Crippen LogP contribution in [0.3, 0.4) is 0 Å². The van der Waals surface area contributed by atoms with Crippen LogP contribution in [0.2, 0.25) is 0 Å². The minimum atomic E-state index is -0.399. The van der Waals surface area contributed by atoms with Gasteiger partial charge in [-0.15, -0.1) is 0 Å². The Morgan fingerprint density at radius 2 is 2.00 bits per heavy atom. The molecule has 4 nitrogen and oxygen atoms in total. The van der Waals surface area contributed by atoms with Crippen LogP contribution in [0.15, 0.2) is 48.7 Å². The molecule has 2 aromatic heterocycles. The standard InChI is InChI=1S/C16H16FN3O/c1-2-18-11-13-16(19-15-9-5-6-10-20(13)15)21-14-8-4-3-7-12(14)17/h3-10,18H,2,11H2,1H3. The molecule has 0 radical (unpaired) electrons. The molecule has 0 aliphatic carbocycles. The SMILES string of the molecule is CCNCc1c(Oc2ccccc2F)nc2ccccn12. The molecule has 0 aliphatic rings. The molecule has 0 fully saturated rings. The second-order valence-electron chi connectivity index (χ2n) is 4.61. The van der Waals surface area contributed by atoms with Gasteiger partial charge >= 0.3 is 0 Å². The highest BCUT2D eigenvalue weighted by Crippen LogP contribution is 2.27. The Morgan fingerprint density at radius 1 is 1.19 bits per heavy atom. The van der Waals surface area contributed by atoms with Crippen molar-refractivity contribution in [2.45, 2.75) is 13.5 Å². The summed E-state index contributed by atoms with van der Waals surface area (Å²) in [5.74, 6) is 0.204. The van der Waals surface area contributed by atoms with Crippen LogP contribution >= 0.6 is 0 Å². The molecule has 108 valence electrons. The Hall–Kier alpha value is -2.40. The molecular formula is C16H16FN3O. The molecule has 2 heterocycles. The maximum atomic E-state index is 13.7. The highest BCUT2D eigenvalue weighted by Gasteiger charge is 2.15. The summed E-state index contributed by atoms with van der Waals surface area (Å²) in [5.41, 5.74) is 1.65. The number of halogens is 1. The highest BCUT2D eigenvalue weighted by molar-refractivity contribution is 5.46. The van der Waals surface area contributed by atoms with Crippen LogP contribution < -0.4 is 10.1 Å². The second kappa shape index (κ2) is 5.93. The number of fused-ring (bicyclic) bond motifs is 1. The van der Waals surface area contributed by atoms with Crippen LogP contribution in [-0.2, 0) is 6.54 Å². The van der Waals surface area contributed by atoms with Crippen molar-refractivity contribution in [1.82, 2.24) is 14.7 Å². The summed E-state index contributed by atoms with van der Waals surface area (Å²) < 4.78 is 21.4. The monoisotopic (exact) mass is 285 g/mol. The van der Waals surface area contributed by atoms with Crippen LogP contribution in [0.5, 0.6) is 11.6 Å². The molecule has 0 aliphatic heterocycles. The third-order valence-electron chi connectivity index (χ3n) is 3.18. The van der Waals surface area contributed by atoms with E-state index >= 15 is 0 Å². The van der Waals surface area contributed by atoms with Crippen LogP contribution in [0, 0.1) is 5.82 Å². The number of pyridine rings is 1. The van der Waals surface area contributed by atoms with Gasteiger partial charge in [-0.2, -0.15) is 4.98 Å². The number of hydrogen-bond donors (Lipinski definition) is 1. The third kappa shape index (κ3) is 2.73. The summed E-state index contributed by atoms with van der Waals surface area (Å²) in [6, 6.07) is 12.1. The van der Waals surface area contributed by atoms with Gasteiger partial charge in [-0.25, -0.2) is 4.39 Å². The lowest BCUT2D eigenvalue weighted by Gasteiger charge is -2.07. The maximum Gasteiger partial charge on any atom is 0.242 e. The van der Waals surface area contributed by atoms with Crippen LogP contribution in [0.25, 0.3) is 5.65 Å². The lowest BCUT2D eigenvalue weighted by Crippen LogP contribution is -2.14. The van der Waals surface area contributed by atoms with E-state index in [0.29, 0.717) is 12.4 Å². The number of ether oxygens (including phenoxy) is 1. The van der Waals surface area contributed by atoms with Gasteiger partial charge in [0.25, 0.3) is 0 Å². The van der Waals surface area contributed by atoms with Crippen molar-refractivity contribution in [3.63, 3.8) is 0 Å². The molecule has 1 aromatic carbocycles. The maximum absolute atomic E-state index is 13.7. The summed E-state index contributed by atoms with van der Waals surface area (Å²) >= 11 is 0. The Balaban J connectivity index is 2.02. The first-order valence-corrected chi connectivity index (χ1v) is 6.88. The molecule has 0 saturated carbocycles. The van der Waals surface area contributed by atoms with Gasteiger partial charge < -0.3 is 10.1 Å². The van der Waals surface area contributed by atoms with Crippen molar-refractivity contribution in [2.24, 2.45) is 0 Å². The van der Waals surface area contributed by atoms with Crippen LogP contribution in [-0.4, -0.2) is 15.9 Å². The zero-order valence-electron chi connectivity index (χ0n) is 11.7. The third-order valence-corrected chi connectivity index (χ3v) is 3.18. The summed E-state index contributed by atoms with van der Waals surface area (Å²) in [6.07, 6.45) is 1.92. The van der Waals surface area contributed by atoms with E-state index in [1.54, 1.807) is 18.2 Å². The molecule has 0 spiro atoms. The predicted octanol–water partition coefficient (Wildman–Crippen LogP) is 3.38. The highest BCUT2D eigenvalue weighted by atomic mass is 19.1. The summed E-state index contributed by atoms with van der Waals surface area (Å²) in [7, 11) is 0. The Labute approximate surface area is 122 Å². The number of nitrogens with zero attached hydrogens (tertiary/aromatic N) is 2. The van der Waals surface area contributed by atoms with Gasteiger partial charge in [-0.1, -0.05) is 25.1 Å². The summed E-state index contributed by atoms with van der Waals surface area (Å²) in [5, 5.41) is 3.25. The zero-order chi connectivity index (χ0) is 14.7. The molecule has 0 amide bonds. The molecular weight excluding hydrogens is 269 g/mol. The van der Waals surface area contributed by atoms with E-state index in [1.165, 1.54) is 6.07 Å². The minimum absolute atomic E-state index is 0.179. The normalized spacial score (nSPS) is 11.0. The van der Waals surface area contributed by atoms with E-state index in [4.69, 9.17) is 4.74 Å². The first kappa shape index (κ1) is 13.6. The van der Waals surface area contributed by atoms with Gasteiger partial charge in [-0.3, -0.25) is 4.40 Å². The van der Waals surface area contributed by atoms with Gasteiger partial charge in [0.1, 0.15) is 11.3 Å². The molecule has 0 atom stereocenters. The number of rotatable bonds is 5. The number of aromatic nitrogens is 2. The van der Waals surface area contributed by atoms with E-state index in [2.05, 4.69) is 10.3 Å². The largest absolute Gasteiger partial charge is 0.434 e. The fourth-order valence-electron chi connectivity index (χ4n) is 2.14. The Morgan fingerprint density at radius 3 is 2.81 bits per heavy atom. The molecule has 21 heavy (non-hydrogen) atoms. The van der Waals surface area contributed by atoms with Gasteiger partial charge in [0.2, 0.25) is 5.88 Å². The molecule has 3 rings (SSSR count). The smallest absolute Gasteiger partial charge is 0.242 e. The number of para-hydroxylation sites is 1. The Bertz CT molecular complexity index is 754. The lowest BCUT2D eigenvalue weighted by atomic mass is 10.3. The average Bonchev–Trinajstić information content (AvgIpc) is 2.85. The topological polar surface area (TPSA) is 38.6 Å². The minimum Gasteiger partial charge on any atom is -0.434 e. The van der Waals surface area contributed by atoms with Crippen LogP contribution in [0.1, 0.15) is 12.6 Å². The molecule has 0 saturated heterocycles. The second-order valence-corrected chi connectivity index (χ2v) is 4.61. The van der Waals surface area contributed by atoms with Gasteiger partial charge in [0.15, 0.2) is 11.6 Å². The lowest BCUT2D eigenvalue weighted by molar-refractivity contribution is 0.423. The average molecular weight is 285 g/mol. The summed E-state index contributed by atoms with van der Waals surface area (Å²) in [4.78, 5) is 4.44. The predicted molar refractivity (Wildman–Crippen MR) is 79.0 cm³/mol. The van der Waals surface area contributed by atoms with E-state index in [9.17, 15) is 4.39 Å². The van der Waals surface area contributed by atoms with E-state index in [1.807, 2.05) is 35.7 Å². The van der Waals surface area contributed by atoms with Crippen LogP contribution in [0.4, 0.5) is 4.39 Å². The van der Waals surface area contributed by atoms with Crippen molar-refractivity contribution in [3.05, 3.63) is 60.2 Å². The van der Waals surface area contributed by atoms with E-state index in [-0.39, 0.29) is 5.75 Å². The zero-order valence-corrected chi connectivity index (χ0v) is 11.7.